The summed E-state index contributed by atoms with van der Waals surface area (Å²) < 4.78 is 0. The zero-order valence-corrected chi connectivity index (χ0v) is 11.2. The summed E-state index contributed by atoms with van der Waals surface area (Å²) in [7, 11) is 0. The van der Waals surface area contributed by atoms with Gasteiger partial charge in [0, 0.05) is 11.6 Å². The van der Waals surface area contributed by atoms with E-state index in [0.717, 1.165) is 19.6 Å². The van der Waals surface area contributed by atoms with Crippen molar-refractivity contribution in [3.05, 3.63) is 0 Å². The van der Waals surface area contributed by atoms with Gasteiger partial charge in [-0.15, -0.1) is 0 Å². The summed E-state index contributed by atoms with van der Waals surface area (Å²) in [5, 5.41) is 3.24. The van der Waals surface area contributed by atoms with Crippen molar-refractivity contribution in [1.29, 1.82) is 0 Å². The molecule has 0 aliphatic carbocycles. The number of aliphatic imine (C=N–C) groups is 1. The van der Waals surface area contributed by atoms with Crippen molar-refractivity contribution in [2.24, 2.45) is 4.99 Å². The van der Waals surface area contributed by atoms with E-state index >= 15 is 0 Å². The fourth-order valence-electron chi connectivity index (χ4n) is 1.41. The standard InChI is InChI=1S/C12H27N3/c1-7-15(8-2)11(3)9-13-10-14-12(4,5)6/h10-11H,7-9H2,1-6H3,(H,13,14). The zero-order chi connectivity index (χ0) is 11.9. The predicted molar refractivity (Wildman–Crippen MR) is 68.6 cm³/mol. The lowest BCUT2D eigenvalue weighted by atomic mass is 10.1. The Bertz CT molecular complexity index is 178. The first kappa shape index (κ1) is 14.4. The van der Waals surface area contributed by atoms with E-state index in [9.17, 15) is 0 Å². The molecule has 1 unspecified atom stereocenters. The summed E-state index contributed by atoms with van der Waals surface area (Å²) >= 11 is 0. The van der Waals surface area contributed by atoms with Crippen LogP contribution in [0.25, 0.3) is 0 Å². The Kier molecular flexibility index (Phi) is 6.57. The van der Waals surface area contributed by atoms with Crippen molar-refractivity contribution < 1.29 is 0 Å². The van der Waals surface area contributed by atoms with Crippen LogP contribution >= 0.6 is 0 Å². The predicted octanol–water partition coefficient (Wildman–Crippen LogP) is 2.13. The van der Waals surface area contributed by atoms with E-state index in [1.807, 2.05) is 6.34 Å². The summed E-state index contributed by atoms with van der Waals surface area (Å²) in [4.78, 5) is 6.81. The smallest absolute Gasteiger partial charge is 0.0828 e. The minimum absolute atomic E-state index is 0.113. The quantitative estimate of drug-likeness (QED) is 0.541. The van der Waals surface area contributed by atoms with Crippen LogP contribution in [-0.4, -0.2) is 42.5 Å². The maximum atomic E-state index is 4.40. The Morgan fingerprint density at radius 1 is 1.27 bits per heavy atom. The molecule has 0 saturated heterocycles. The minimum atomic E-state index is 0.113. The fourth-order valence-corrected chi connectivity index (χ4v) is 1.41. The summed E-state index contributed by atoms with van der Waals surface area (Å²) in [5.41, 5.74) is 0.113. The van der Waals surface area contributed by atoms with E-state index in [1.165, 1.54) is 0 Å². The molecule has 0 aromatic rings. The highest BCUT2D eigenvalue weighted by Crippen LogP contribution is 1.99. The molecule has 0 radical (unpaired) electrons. The molecule has 0 aliphatic rings. The van der Waals surface area contributed by atoms with Crippen LogP contribution in [0.5, 0.6) is 0 Å². The van der Waals surface area contributed by atoms with Crippen LogP contribution < -0.4 is 5.32 Å². The van der Waals surface area contributed by atoms with Gasteiger partial charge in [0.1, 0.15) is 0 Å². The number of nitrogens with one attached hydrogen (secondary N) is 1. The minimum Gasteiger partial charge on any atom is -0.372 e. The second kappa shape index (κ2) is 6.83. The Morgan fingerprint density at radius 2 is 1.80 bits per heavy atom. The SMILES string of the molecule is CCN(CC)C(C)CN=CNC(C)(C)C. The maximum Gasteiger partial charge on any atom is 0.0828 e. The molecule has 0 rings (SSSR count). The van der Waals surface area contributed by atoms with E-state index in [-0.39, 0.29) is 5.54 Å². The fraction of sp³-hybridized carbons (Fsp3) is 0.917. The maximum absolute atomic E-state index is 4.40. The molecular weight excluding hydrogens is 186 g/mol. The van der Waals surface area contributed by atoms with Crippen LogP contribution in [0.2, 0.25) is 0 Å². The molecule has 0 saturated carbocycles. The zero-order valence-electron chi connectivity index (χ0n) is 11.2. The number of likely N-dealkylation sites (N-methyl/N-ethyl adjacent to an activating group) is 1. The first-order chi connectivity index (χ1) is 6.90. The molecule has 0 aromatic heterocycles. The van der Waals surface area contributed by atoms with Crippen LogP contribution in [-0.2, 0) is 0 Å². The van der Waals surface area contributed by atoms with Crippen LogP contribution in [0.4, 0.5) is 0 Å². The lowest BCUT2D eigenvalue weighted by Crippen LogP contribution is -2.36. The van der Waals surface area contributed by atoms with Gasteiger partial charge >= 0.3 is 0 Å². The highest BCUT2D eigenvalue weighted by molar-refractivity contribution is 5.55. The van der Waals surface area contributed by atoms with Gasteiger partial charge in [-0.2, -0.15) is 0 Å². The van der Waals surface area contributed by atoms with Crippen molar-refractivity contribution >= 4 is 6.34 Å². The molecule has 1 N–H and O–H groups in total. The average molecular weight is 213 g/mol. The molecular formula is C12H27N3. The van der Waals surface area contributed by atoms with Crippen molar-refractivity contribution in [3.8, 4) is 0 Å². The lowest BCUT2D eigenvalue weighted by molar-refractivity contribution is 0.237. The highest BCUT2D eigenvalue weighted by atomic mass is 15.2. The molecule has 0 aliphatic heterocycles. The van der Waals surface area contributed by atoms with E-state index in [0.29, 0.717) is 6.04 Å². The second-order valence-electron chi connectivity index (χ2n) is 4.96. The first-order valence-electron chi connectivity index (χ1n) is 5.90. The molecule has 0 amide bonds. The molecule has 3 nitrogen and oxygen atoms in total. The average Bonchev–Trinajstić information content (AvgIpc) is 2.13. The van der Waals surface area contributed by atoms with E-state index < -0.39 is 0 Å². The summed E-state index contributed by atoms with van der Waals surface area (Å²) in [6.45, 7) is 16.1. The molecule has 15 heavy (non-hydrogen) atoms. The molecule has 3 heteroatoms. The topological polar surface area (TPSA) is 27.6 Å². The van der Waals surface area contributed by atoms with Gasteiger partial charge in [-0.1, -0.05) is 13.8 Å². The molecule has 0 spiro atoms. The lowest BCUT2D eigenvalue weighted by Gasteiger charge is -2.25. The van der Waals surface area contributed by atoms with Gasteiger partial charge in [-0.05, 0) is 40.8 Å². The van der Waals surface area contributed by atoms with Crippen LogP contribution in [0.3, 0.4) is 0 Å². The molecule has 0 heterocycles. The molecule has 0 aromatic carbocycles. The van der Waals surface area contributed by atoms with Crippen LogP contribution in [0, 0.1) is 0 Å². The summed E-state index contributed by atoms with van der Waals surface area (Å²) in [6, 6.07) is 0.526. The third kappa shape index (κ3) is 7.37. The molecule has 1 atom stereocenters. The molecule has 0 fully saturated rings. The second-order valence-corrected chi connectivity index (χ2v) is 4.96. The summed E-state index contributed by atoms with van der Waals surface area (Å²) in [6.07, 6.45) is 1.83. The van der Waals surface area contributed by atoms with Crippen molar-refractivity contribution in [2.75, 3.05) is 19.6 Å². The van der Waals surface area contributed by atoms with Gasteiger partial charge in [-0.25, -0.2) is 0 Å². The third-order valence-corrected chi connectivity index (χ3v) is 2.39. The summed E-state index contributed by atoms with van der Waals surface area (Å²) in [5.74, 6) is 0. The first-order valence-corrected chi connectivity index (χ1v) is 5.90. The van der Waals surface area contributed by atoms with Gasteiger partial charge in [-0.3, -0.25) is 9.89 Å². The number of nitrogens with zero attached hydrogens (tertiary/aromatic N) is 2. The van der Waals surface area contributed by atoms with Gasteiger partial charge in [0.05, 0.1) is 12.9 Å². The van der Waals surface area contributed by atoms with Gasteiger partial charge in [0.25, 0.3) is 0 Å². The Labute approximate surface area is 95.0 Å². The highest BCUT2D eigenvalue weighted by Gasteiger charge is 2.08. The Balaban J connectivity index is 3.84. The molecule has 0 bridgehead atoms. The Morgan fingerprint density at radius 3 is 2.20 bits per heavy atom. The van der Waals surface area contributed by atoms with E-state index in [4.69, 9.17) is 0 Å². The van der Waals surface area contributed by atoms with E-state index in [2.05, 4.69) is 56.8 Å². The largest absolute Gasteiger partial charge is 0.372 e. The van der Waals surface area contributed by atoms with Crippen LogP contribution in [0.15, 0.2) is 4.99 Å². The third-order valence-electron chi connectivity index (χ3n) is 2.39. The van der Waals surface area contributed by atoms with Crippen molar-refractivity contribution in [3.63, 3.8) is 0 Å². The number of hydrogen-bond donors (Lipinski definition) is 1. The van der Waals surface area contributed by atoms with E-state index in [1.54, 1.807) is 0 Å². The number of rotatable bonds is 6. The van der Waals surface area contributed by atoms with Crippen molar-refractivity contribution in [1.82, 2.24) is 10.2 Å². The van der Waals surface area contributed by atoms with Gasteiger partial charge < -0.3 is 5.32 Å². The van der Waals surface area contributed by atoms with Crippen LogP contribution in [0.1, 0.15) is 41.5 Å². The van der Waals surface area contributed by atoms with Crippen molar-refractivity contribution in [2.45, 2.75) is 53.1 Å². The van der Waals surface area contributed by atoms with Gasteiger partial charge in [0.15, 0.2) is 0 Å². The number of hydrogen-bond acceptors (Lipinski definition) is 2. The molecule has 90 valence electrons. The normalized spacial score (nSPS) is 14.9. The monoisotopic (exact) mass is 213 g/mol. The van der Waals surface area contributed by atoms with Gasteiger partial charge in [0.2, 0.25) is 0 Å². The Hall–Kier alpha value is -0.570.